The van der Waals surface area contributed by atoms with Crippen molar-refractivity contribution in [2.45, 2.75) is 12.7 Å². The van der Waals surface area contributed by atoms with Gasteiger partial charge in [0.25, 0.3) is 0 Å². The number of halogens is 4. The summed E-state index contributed by atoms with van der Waals surface area (Å²) >= 11 is 6.33. The zero-order valence-electron chi connectivity index (χ0n) is 19.7. The van der Waals surface area contributed by atoms with Gasteiger partial charge in [-0.25, -0.2) is 18.4 Å². The van der Waals surface area contributed by atoms with Crippen molar-refractivity contribution in [2.75, 3.05) is 23.9 Å². The van der Waals surface area contributed by atoms with Gasteiger partial charge in [0.15, 0.2) is 15.7 Å². The Kier molecular flexibility index (Phi) is 7.78. The number of nitrogens with one attached hydrogen (secondary N) is 1. The summed E-state index contributed by atoms with van der Waals surface area (Å²) in [6.07, 6.45) is -0.490. The molecule has 0 spiro atoms. The predicted octanol–water partition coefficient (Wildman–Crippen LogP) is 5.23. The summed E-state index contributed by atoms with van der Waals surface area (Å²) in [6, 6.07) is 10.8. The Bertz CT molecular complexity index is 1590. The second-order valence-electron chi connectivity index (χ2n) is 8.15. The summed E-state index contributed by atoms with van der Waals surface area (Å²) in [6.45, 7) is 0.144. The van der Waals surface area contributed by atoms with Crippen molar-refractivity contribution in [3.8, 4) is 11.5 Å². The number of sulfone groups is 1. The molecule has 0 saturated heterocycles. The Morgan fingerprint density at radius 1 is 1.13 bits per heavy atom. The van der Waals surface area contributed by atoms with Crippen LogP contribution in [0.5, 0.6) is 11.5 Å². The highest BCUT2D eigenvalue weighted by molar-refractivity contribution is 7.91. The average molecular weight is 569 g/mol. The molecule has 4 rings (SSSR count). The van der Waals surface area contributed by atoms with Crippen LogP contribution < -0.4 is 10.1 Å². The summed E-state index contributed by atoms with van der Waals surface area (Å²) in [4.78, 5) is 20.2. The minimum absolute atomic E-state index is 0.0185. The van der Waals surface area contributed by atoms with Gasteiger partial charge in [-0.2, -0.15) is 13.2 Å². The van der Waals surface area contributed by atoms with Crippen LogP contribution in [0.2, 0.25) is 5.02 Å². The molecule has 0 bridgehead atoms. The second-order valence-corrected chi connectivity index (χ2v) is 10.7. The lowest BCUT2D eigenvalue weighted by molar-refractivity contribution is -0.141. The van der Waals surface area contributed by atoms with Crippen molar-refractivity contribution < 1.29 is 35.9 Å². The minimum atomic E-state index is -4.50. The third-order valence-electron chi connectivity index (χ3n) is 5.11. The van der Waals surface area contributed by atoms with Gasteiger partial charge >= 0.3 is 12.1 Å². The number of rotatable bonds is 9. The van der Waals surface area contributed by atoms with Crippen LogP contribution in [0.15, 0.2) is 61.1 Å². The fourth-order valence-electron chi connectivity index (χ4n) is 3.48. The first kappa shape index (κ1) is 27.2. The number of carbonyl (C=O) groups is 1. The summed E-state index contributed by atoms with van der Waals surface area (Å²) in [5, 5.41) is 3.26. The van der Waals surface area contributed by atoms with E-state index in [0.717, 1.165) is 18.4 Å². The normalized spacial score (nSPS) is 11.9. The average Bonchev–Trinajstić information content (AvgIpc) is 3.23. The van der Waals surface area contributed by atoms with Gasteiger partial charge in [-0.15, -0.1) is 0 Å². The Balaban J connectivity index is 1.49. The molecule has 0 atom stereocenters. The first-order valence-corrected chi connectivity index (χ1v) is 13.4. The van der Waals surface area contributed by atoms with Gasteiger partial charge in [0.2, 0.25) is 0 Å². The molecule has 0 amide bonds. The summed E-state index contributed by atoms with van der Waals surface area (Å²) < 4.78 is 73.7. The Morgan fingerprint density at radius 2 is 1.92 bits per heavy atom. The van der Waals surface area contributed by atoms with Crippen LogP contribution >= 0.6 is 11.6 Å². The number of hydrogen-bond acceptors (Lipinski definition) is 8. The number of benzene rings is 2. The Hall–Kier alpha value is -3.84. The molecule has 0 aliphatic rings. The maximum Gasteiger partial charge on any atom is 0.416 e. The smallest absolute Gasteiger partial charge is 0.416 e. The van der Waals surface area contributed by atoms with Crippen LogP contribution in [0, 0.1) is 0 Å². The highest BCUT2D eigenvalue weighted by Gasteiger charge is 2.30. The van der Waals surface area contributed by atoms with Crippen molar-refractivity contribution >= 4 is 49.9 Å². The van der Waals surface area contributed by atoms with E-state index in [0.29, 0.717) is 22.5 Å². The fraction of sp³-hybridized carbons (Fsp3) is 0.208. The van der Waals surface area contributed by atoms with E-state index in [2.05, 4.69) is 15.3 Å². The monoisotopic (exact) mass is 568 g/mol. The summed E-state index contributed by atoms with van der Waals surface area (Å²) in [7, 11) is -3.49. The van der Waals surface area contributed by atoms with Crippen molar-refractivity contribution in [1.29, 1.82) is 0 Å². The van der Waals surface area contributed by atoms with Crippen molar-refractivity contribution in [3.05, 3.63) is 71.6 Å². The molecular weight excluding hydrogens is 549 g/mol. The number of fused-ring (bicyclic) bond motifs is 1. The molecule has 0 unspecified atom stereocenters. The lowest BCUT2D eigenvalue weighted by Crippen LogP contribution is -2.19. The predicted molar refractivity (Wildman–Crippen MR) is 134 cm³/mol. The SMILES string of the molecule is CS(=O)(=O)CC(=O)OCCn1ccc2ncnc(Nc3ccc(Oc4cccc(C(F)(F)F)c4)c(Cl)c3)c21. The molecule has 9 nitrogen and oxygen atoms in total. The molecule has 0 saturated carbocycles. The topological polar surface area (TPSA) is 112 Å². The van der Waals surface area contributed by atoms with Crippen LogP contribution in [-0.2, 0) is 32.1 Å². The first-order chi connectivity index (χ1) is 17.9. The van der Waals surface area contributed by atoms with Crippen LogP contribution in [0.3, 0.4) is 0 Å². The number of ether oxygens (including phenoxy) is 2. The summed E-state index contributed by atoms with van der Waals surface area (Å²) in [5.74, 6) is -1.01. The van der Waals surface area contributed by atoms with Crippen molar-refractivity contribution in [1.82, 2.24) is 14.5 Å². The highest BCUT2D eigenvalue weighted by atomic mass is 35.5. The maximum atomic E-state index is 13.0. The third kappa shape index (κ3) is 6.92. The van der Waals surface area contributed by atoms with Gasteiger partial charge in [0.1, 0.15) is 35.7 Å². The molecule has 0 radical (unpaired) electrons. The lowest BCUT2D eigenvalue weighted by Gasteiger charge is -2.13. The minimum Gasteiger partial charge on any atom is -0.463 e. The number of anilines is 2. The number of alkyl halides is 3. The standard InChI is InChI=1S/C24H20ClF3N4O5S/c1-38(34,35)13-21(33)36-10-9-32-8-7-19-22(32)23(30-14-29-19)31-16-5-6-20(18(25)12-16)37-17-4-2-3-15(11-17)24(26,27)28/h2-8,11-12,14H,9-10,13H2,1H3,(H,29,30,31). The number of nitrogens with zero attached hydrogens (tertiary/aromatic N) is 3. The van der Waals surface area contributed by atoms with Gasteiger partial charge in [0.05, 0.1) is 22.6 Å². The van der Waals surface area contributed by atoms with E-state index in [9.17, 15) is 26.4 Å². The Labute approximate surface area is 220 Å². The van der Waals surface area contributed by atoms with E-state index in [1.807, 2.05) is 0 Å². The number of hydrogen-bond donors (Lipinski definition) is 1. The van der Waals surface area contributed by atoms with Gasteiger partial charge in [-0.3, -0.25) is 4.79 Å². The maximum absolute atomic E-state index is 13.0. The largest absolute Gasteiger partial charge is 0.463 e. The first-order valence-electron chi connectivity index (χ1n) is 10.9. The molecule has 200 valence electrons. The number of aromatic nitrogens is 3. The second kappa shape index (κ2) is 10.9. The van der Waals surface area contributed by atoms with Gasteiger partial charge in [-0.1, -0.05) is 17.7 Å². The van der Waals surface area contributed by atoms with Crippen LogP contribution in [0.4, 0.5) is 24.7 Å². The van der Waals surface area contributed by atoms with E-state index in [-0.39, 0.29) is 29.7 Å². The fourth-order valence-corrected chi connectivity index (χ4v) is 4.22. The molecular formula is C24H20ClF3N4O5S. The van der Waals surface area contributed by atoms with Crippen LogP contribution in [0.1, 0.15) is 5.56 Å². The van der Waals surface area contributed by atoms with Crippen LogP contribution in [0.25, 0.3) is 11.0 Å². The third-order valence-corrected chi connectivity index (χ3v) is 6.16. The molecule has 0 fully saturated rings. The van der Waals surface area contributed by atoms with E-state index < -0.39 is 33.3 Å². The number of esters is 1. The van der Waals surface area contributed by atoms with E-state index >= 15 is 0 Å². The van der Waals surface area contributed by atoms with Crippen LogP contribution in [-0.4, -0.2) is 47.5 Å². The highest BCUT2D eigenvalue weighted by Crippen LogP contribution is 2.36. The van der Waals surface area contributed by atoms with E-state index in [1.165, 1.54) is 30.6 Å². The van der Waals surface area contributed by atoms with Gasteiger partial charge in [0, 0.05) is 18.1 Å². The Morgan fingerprint density at radius 3 is 2.63 bits per heavy atom. The molecule has 2 aromatic carbocycles. The molecule has 0 aliphatic heterocycles. The molecule has 2 aromatic heterocycles. The lowest BCUT2D eigenvalue weighted by atomic mass is 10.2. The van der Waals surface area contributed by atoms with Crippen molar-refractivity contribution in [2.24, 2.45) is 0 Å². The molecule has 1 N–H and O–H groups in total. The van der Waals surface area contributed by atoms with E-state index in [1.54, 1.807) is 22.9 Å². The zero-order chi connectivity index (χ0) is 27.5. The molecule has 38 heavy (non-hydrogen) atoms. The molecule has 2 heterocycles. The zero-order valence-corrected chi connectivity index (χ0v) is 21.3. The molecule has 14 heteroatoms. The quantitative estimate of drug-likeness (QED) is 0.273. The number of carbonyl (C=O) groups excluding carboxylic acids is 1. The van der Waals surface area contributed by atoms with Gasteiger partial charge in [-0.05, 0) is 42.5 Å². The van der Waals surface area contributed by atoms with E-state index in [4.69, 9.17) is 21.1 Å². The molecule has 0 aliphatic carbocycles. The van der Waals surface area contributed by atoms with Crippen molar-refractivity contribution in [3.63, 3.8) is 0 Å². The molecule has 4 aromatic rings. The summed E-state index contributed by atoms with van der Waals surface area (Å²) in [5.41, 5.74) is 0.858. The van der Waals surface area contributed by atoms with Gasteiger partial charge < -0.3 is 19.4 Å².